The molecule has 0 aromatic rings. The van der Waals surface area contributed by atoms with Gasteiger partial charge >= 0.3 is 5.97 Å². The van der Waals surface area contributed by atoms with Crippen molar-refractivity contribution in [2.75, 3.05) is 6.54 Å². The van der Waals surface area contributed by atoms with Crippen LogP contribution in [0, 0.1) is 29.6 Å². The Hall–Kier alpha value is -1.06. The fourth-order valence-electron chi connectivity index (χ4n) is 4.19. The third kappa shape index (κ3) is 2.63. The van der Waals surface area contributed by atoms with Crippen LogP contribution in [0.4, 0.5) is 0 Å². The highest BCUT2D eigenvalue weighted by atomic mass is 16.4. The Morgan fingerprint density at radius 1 is 1.00 bits per heavy atom. The number of carbonyl (C=O) groups excluding carboxylic acids is 1. The van der Waals surface area contributed by atoms with Crippen LogP contribution in [0.5, 0.6) is 0 Å². The van der Waals surface area contributed by atoms with Gasteiger partial charge in [-0.3, -0.25) is 9.59 Å². The van der Waals surface area contributed by atoms with Gasteiger partial charge in [0, 0.05) is 12.5 Å². The highest BCUT2D eigenvalue weighted by molar-refractivity contribution is 5.82. The Labute approximate surface area is 113 Å². The van der Waals surface area contributed by atoms with Gasteiger partial charge < -0.3 is 10.4 Å². The Morgan fingerprint density at radius 2 is 1.63 bits per heavy atom. The average molecular weight is 265 g/mol. The van der Waals surface area contributed by atoms with Crippen LogP contribution in [0.1, 0.15) is 44.9 Å². The minimum atomic E-state index is -0.659. The van der Waals surface area contributed by atoms with E-state index in [0.29, 0.717) is 23.7 Å². The van der Waals surface area contributed by atoms with E-state index in [2.05, 4.69) is 5.32 Å². The van der Waals surface area contributed by atoms with E-state index in [0.717, 1.165) is 32.2 Å². The van der Waals surface area contributed by atoms with Crippen LogP contribution in [0.25, 0.3) is 0 Å². The number of rotatable bonds is 4. The maximum absolute atomic E-state index is 12.0. The Bertz CT molecular complexity index is 364. The number of carboxylic acids is 1. The van der Waals surface area contributed by atoms with Crippen LogP contribution in [0.2, 0.25) is 0 Å². The molecule has 0 aromatic carbocycles. The zero-order chi connectivity index (χ0) is 13.4. The molecule has 4 heteroatoms. The summed E-state index contributed by atoms with van der Waals surface area (Å²) in [6.45, 7) is 0.751. The molecule has 2 unspecified atom stereocenters. The first kappa shape index (κ1) is 12.9. The van der Waals surface area contributed by atoms with E-state index in [9.17, 15) is 9.59 Å². The maximum Gasteiger partial charge on any atom is 0.306 e. The van der Waals surface area contributed by atoms with Crippen LogP contribution in [-0.4, -0.2) is 23.5 Å². The lowest BCUT2D eigenvalue weighted by Crippen LogP contribution is -2.34. The van der Waals surface area contributed by atoms with Gasteiger partial charge in [0.25, 0.3) is 0 Å². The number of carbonyl (C=O) groups is 2. The second kappa shape index (κ2) is 5.14. The van der Waals surface area contributed by atoms with Crippen LogP contribution in [-0.2, 0) is 9.59 Å². The number of nitrogens with one attached hydrogen (secondary N) is 1. The van der Waals surface area contributed by atoms with Crippen molar-refractivity contribution in [3.8, 4) is 0 Å². The van der Waals surface area contributed by atoms with E-state index in [4.69, 9.17) is 5.11 Å². The molecule has 0 bridgehead atoms. The Kier molecular flexibility index (Phi) is 3.50. The number of carboxylic acid groups (broad SMARTS) is 1. The quantitative estimate of drug-likeness (QED) is 0.817. The molecule has 3 aliphatic carbocycles. The summed E-state index contributed by atoms with van der Waals surface area (Å²) < 4.78 is 0. The van der Waals surface area contributed by atoms with Gasteiger partial charge in [0.1, 0.15) is 0 Å². The van der Waals surface area contributed by atoms with E-state index in [-0.39, 0.29) is 11.8 Å². The molecule has 4 nitrogen and oxygen atoms in total. The van der Waals surface area contributed by atoms with E-state index in [1.54, 1.807) is 0 Å². The molecule has 2 atom stereocenters. The Morgan fingerprint density at radius 3 is 2.21 bits per heavy atom. The normalized spacial score (nSPS) is 40.5. The number of aliphatic carboxylic acids is 1. The highest BCUT2D eigenvalue weighted by Crippen LogP contribution is 2.57. The fourth-order valence-corrected chi connectivity index (χ4v) is 4.19. The van der Waals surface area contributed by atoms with Crippen LogP contribution in [0.3, 0.4) is 0 Å². The minimum absolute atomic E-state index is 0.158. The summed E-state index contributed by atoms with van der Waals surface area (Å²) in [6, 6.07) is 0. The molecule has 3 saturated carbocycles. The second-order valence-electron chi connectivity index (χ2n) is 6.59. The summed E-state index contributed by atoms with van der Waals surface area (Å²) in [6.07, 6.45) is 7.20. The summed E-state index contributed by atoms with van der Waals surface area (Å²) in [5, 5.41) is 12.0. The van der Waals surface area contributed by atoms with E-state index in [1.807, 2.05) is 0 Å². The molecule has 0 saturated heterocycles. The van der Waals surface area contributed by atoms with Gasteiger partial charge in [0.15, 0.2) is 0 Å². The smallest absolute Gasteiger partial charge is 0.306 e. The summed E-state index contributed by atoms with van der Waals surface area (Å²) in [4.78, 5) is 22.9. The molecular formula is C15H23NO3. The van der Waals surface area contributed by atoms with E-state index >= 15 is 0 Å². The summed E-state index contributed by atoms with van der Waals surface area (Å²) in [7, 11) is 0. The molecule has 19 heavy (non-hydrogen) atoms. The predicted octanol–water partition coefficient (Wildman–Crippen LogP) is 2.04. The summed E-state index contributed by atoms with van der Waals surface area (Å²) >= 11 is 0. The van der Waals surface area contributed by atoms with Crippen molar-refractivity contribution < 1.29 is 14.7 Å². The van der Waals surface area contributed by atoms with Gasteiger partial charge in [-0.2, -0.15) is 0 Å². The molecule has 3 aliphatic rings. The molecule has 0 heterocycles. The van der Waals surface area contributed by atoms with Crippen molar-refractivity contribution in [1.29, 1.82) is 0 Å². The lowest BCUT2D eigenvalue weighted by atomic mass is 9.82. The third-order valence-corrected chi connectivity index (χ3v) is 5.47. The van der Waals surface area contributed by atoms with Crippen molar-refractivity contribution in [1.82, 2.24) is 5.32 Å². The van der Waals surface area contributed by atoms with Crippen LogP contribution in [0.15, 0.2) is 0 Å². The van der Waals surface area contributed by atoms with Gasteiger partial charge in [0.05, 0.1) is 5.92 Å². The first-order chi connectivity index (χ1) is 9.16. The highest BCUT2D eigenvalue weighted by Gasteiger charge is 2.56. The molecule has 3 rings (SSSR count). The molecule has 0 aliphatic heterocycles. The van der Waals surface area contributed by atoms with Crippen molar-refractivity contribution >= 4 is 11.9 Å². The first-order valence-corrected chi connectivity index (χ1v) is 7.67. The minimum Gasteiger partial charge on any atom is -0.481 e. The van der Waals surface area contributed by atoms with Gasteiger partial charge in [-0.1, -0.05) is 6.42 Å². The maximum atomic E-state index is 12.0. The zero-order valence-corrected chi connectivity index (χ0v) is 11.3. The number of hydrogen-bond donors (Lipinski definition) is 2. The standard InChI is InChI=1S/C15H23NO3/c17-14(13-11-2-1-3-12(11)13)16-8-9-4-6-10(7-5-9)15(18)19/h9-13H,1-8H2,(H,16,17)(H,18,19). The fraction of sp³-hybridized carbons (Fsp3) is 0.867. The molecule has 3 fully saturated rings. The molecule has 0 aromatic heterocycles. The van der Waals surface area contributed by atoms with Crippen LogP contribution >= 0.6 is 0 Å². The zero-order valence-electron chi connectivity index (χ0n) is 11.3. The average Bonchev–Trinajstić information content (AvgIpc) is 2.89. The predicted molar refractivity (Wildman–Crippen MR) is 70.4 cm³/mol. The third-order valence-electron chi connectivity index (χ3n) is 5.47. The van der Waals surface area contributed by atoms with Gasteiger partial charge in [-0.15, -0.1) is 0 Å². The largest absolute Gasteiger partial charge is 0.481 e. The topological polar surface area (TPSA) is 66.4 Å². The molecule has 1 amide bonds. The molecule has 0 spiro atoms. The van der Waals surface area contributed by atoms with Crippen molar-refractivity contribution in [3.63, 3.8) is 0 Å². The summed E-state index contributed by atoms with van der Waals surface area (Å²) in [5.41, 5.74) is 0. The van der Waals surface area contributed by atoms with E-state index in [1.165, 1.54) is 19.3 Å². The van der Waals surface area contributed by atoms with Gasteiger partial charge in [0.2, 0.25) is 5.91 Å². The number of amides is 1. The van der Waals surface area contributed by atoms with Gasteiger partial charge in [-0.25, -0.2) is 0 Å². The van der Waals surface area contributed by atoms with Gasteiger partial charge in [-0.05, 0) is 56.3 Å². The molecule has 2 N–H and O–H groups in total. The molecule has 0 radical (unpaired) electrons. The molecular weight excluding hydrogens is 242 g/mol. The van der Waals surface area contributed by atoms with Crippen molar-refractivity contribution in [3.05, 3.63) is 0 Å². The SMILES string of the molecule is O=C(O)C1CCC(CNC(=O)C2C3CCCC32)CC1. The lowest BCUT2D eigenvalue weighted by Gasteiger charge is -2.26. The van der Waals surface area contributed by atoms with E-state index < -0.39 is 5.97 Å². The first-order valence-electron chi connectivity index (χ1n) is 7.67. The Balaban J connectivity index is 1.37. The number of hydrogen-bond acceptors (Lipinski definition) is 2. The van der Waals surface area contributed by atoms with Crippen molar-refractivity contribution in [2.24, 2.45) is 29.6 Å². The lowest BCUT2D eigenvalue weighted by molar-refractivity contribution is -0.143. The number of fused-ring (bicyclic) bond motifs is 1. The summed E-state index contributed by atoms with van der Waals surface area (Å²) in [5.74, 6) is 1.60. The second-order valence-corrected chi connectivity index (χ2v) is 6.59. The van der Waals surface area contributed by atoms with Crippen LogP contribution < -0.4 is 5.32 Å². The molecule has 106 valence electrons. The van der Waals surface area contributed by atoms with Crippen molar-refractivity contribution in [2.45, 2.75) is 44.9 Å². The monoisotopic (exact) mass is 265 g/mol.